The van der Waals surface area contributed by atoms with Gasteiger partial charge in [-0.2, -0.15) is 0 Å². The zero-order valence-corrected chi connectivity index (χ0v) is 7.87. The molecule has 0 amide bonds. The lowest BCUT2D eigenvalue weighted by Gasteiger charge is -2.05. The summed E-state index contributed by atoms with van der Waals surface area (Å²) >= 11 is 0. The molecule has 1 aromatic carbocycles. The molecule has 0 atom stereocenters. The Bertz CT molecular complexity index is 408. The monoisotopic (exact) mass is 187 g/mol. The lowest BCUT2D eigenvalue weighted by molar-refractivity contribution is 0.631. The van der Waals surface area contributed by atoms with E-state index in [-0.39, 0.29) is 5.82 Å². The fraction of sp³-hybridized carbons (Fsp3) is 0.0833. The summed E-state index contributed by atoms with van der Waals surface area (Å²) < 4.78 is 13.4. The Morgan fingerprint density at radius 2 is 1.86 bits per heavy atom. The van der Waals surface area contributed by atoms with Gasteiger partial charge in [-0.05, 0) is 30.2 Å². The van der Waals surface area contributed by atoms with Crippen molar-refractivity contribution in [3.05, 3.63) is 54.1 Å². The van der Waals surface area contributed by atoms with Gasteiger partial charge in [0.25, 0.3) is 0 Å². The van der Waals surface area contributed by atoms with E-state index in [2.05, 4.69) is 4.98 Å². The molecule has 2 aromatic rings. The Hall–Kier alpha value is -1.70. The van der Waals surface area contributed by atoms with Crippen LogP contribution in [0.5, 0.6) is 0 Å². The average molecular weight is 187 g/mol. The van der Waals surface area contributed by atoms with Crippen molar-refractivity contribution in [3.63, 3.8) is 0 Å². The molecule has 14 heavy (non-hydrogen) atoms. The molecule has 1 nitrogen and oxygen atoms in total. The molecule has 0 N–H and O–H groups in total. The second-order valence-corrected chi connectivity index (χ2v) is 3.17. The van der Waals surface area contributed by atoms with E-state index in [1.54, 1.807) is 24.5 Å². The molecular weight excluding hydrogens is 177 g/mol. The maximum Gasteiger partial charge on any atom is 0.131 e. The summed E-state index contributed by atoms with van der Waals surface area (Å²) in [6.45, 7) is 1.93. The lowest BCUT2D eigenvalue weighted by atomic mass is 10.0. The first-order chi connectivity index (χ1) is 6.79. The van der Waals surface area contributed by atoms with Crippen molar-refractivity contribution in [3.8, 4) is 11.1 Å². The Morgan fingerprint density at radius 1 is 1.07 bits per heavy atom. The molecule has 0 spiro atoms. The first-order valence-corrected chi connectivity index (χ1v) is 4.44. The molecule has 0 radical (unpaired) electrons. The van der Waals surface area contributed by atoms with Gasteiger partial charge >= 0.3 is 0 Å². The summed E-state index contributed by atoms with van der Waals surface area (Å²) in [5.41, 5.74) is 2.52. The molecular formula is C12H10FN. The number of rotatable bonds is 1. The third kappa shape index (κ3) is 1.51. The van der Waals surface area contributed by atoms with Crippen molar-refractivity contribution in [1.29, 1.82) is 0 Å². The summed E-state index contributed by atoms with van der Waals surface area (Å²) in [7, 11) is 0. The normalized spacial score (nSPS) is 10.1. The fourth-order valence-corrected chi connectivity index (χ4v) is 1.46. The second-order valence-electron chi connectivity index (χ2n) is 3.17. The highest BCUT2D eigenvalue weighted by Crippen LogP contribution is 2.24. The van der Waals surface area contributed by atoms with Crippen molar-refractivity contribution in [2.24, 2.45) is 0 Å². The predicted octanol–water partition coefficient (Wildman–Crippen LogP) is 3.20. The van der Waals surface area contributed by atoms with E-state index >= 15 is 0 Å². The van der Waals surface area contributed by atoms with Gasteiger partial charge in [0.2, 0.25) is 0 Å². The molecule has 0 unspecified atom stereocenters. The second kappa shape index (κ2) is 3.58. The summed E-state index contributed by atoms with van der Waals surface area (Å²) in [6.07, 6.45) is 3.41. The Morgan fingerprint density at radius 3 is 2.57 bits per heavy atom. The number of aryl methyl sites for hydroxylation is 1. The van der Waals surface area contributed by atoms with Crippen molar-refractivity contribution in [1.82, 2.24) is 4.98 Å². The van der Waals surface area contributed by atoms with Crippen LogP contribution in [-0.2, 0) is 0 Å². The maximum absolute atomic E-state index is 13.4. The summed E-state index contributed by atoms with van der Waals surface area (Å²) in [4.78, 5) is 3.98. The molecule has 2 rings (SSSR count). The number of nitrogens with zero attached hydrogens (tertiary/aromatic N) is 1. The smallest absolute Gasteiger partial charge is 0.131 e. The van der Waals surface area contributed by atoms with E-state index in [0.29, 0.717) is 5.56 Å². The first kappa shape index (κ1) is 8.88. The topological polar surface area (TPSA) is 12.9 Å². The SMILES string of the molecule is Cc1cnccc1-c1ccccc1F. The molecule has 0 bridgehead atoms. The van der Waals surface area contributed by atoms with Gasteiger partial charge in [-0.3, -0.25) is 4.98 Å². The van der Waals surface area contributed by atoms with E-state index in [9.17, 15) is 4.39 Å². The maximum atomic E-state index is 13.4. The highest BCUT2D eigenvalue weighted by atomic mass is 19.1. The van der Waals surface area contributed by atoms with Crippen LogP contribution in [0.15, 0.2) is 42.7 Å². The van der Waals surface area contributed by atoms with Crippen molar-refractivity contribution < 1.29 is 4.39 Å². The molecule has 0 aliphatic heterocycles. The lowest BCUT2D eigenvalue weighted by Crippen LogP contribution is -1.87. The Kier molecular flexibility index (Phi) is 2.27. The number of aromatic nitrogens is 1. The number of hydrogen-bond acceptors (Lipinski definition) is 1. The highest BCUT2D eigenvalue weighted by Gasteiger charge is 2.05. The van der Waals surface area contributed by atoms with E-state index in [0.717, 1.165) is 11.1 Å². The third-order valence-electron chi connectivity index (χ3n) is 2.18. The van der Waals surface area contributed by atoms with E-state index in [1.807, 2.05) is 19.1 Å². The van der Waals surface area contributed by atoms with Gasteiger partial charge in [0.15, 0.2) is 0 Å². The van der Waals surface area contributed by atoms with Gasteiger partial charge in [-0.1, -0.05) is 18.2 Å². The van der Waals surface area contributed by atoms with Gasteiger partial charge in [-0.15, -0.1) is 0 Å². The number of benzene rings is 1. The quantitative estimate of drug-likeness (QED) is 0.668. The molecule has 70 valence electrons. The molecule has 0 aliphatic carbocycles. The van der Waals surface area contributed by atoms with Crippen LogP contribution in [-0.4, -0.2) is 4.98 Å². The minimum absolute atomic E-state index is 0.193. The van der Waals surface area contributed by atoms with Gasteiger partial charge in [0.1, 0.15) is 5.82 Å². The third-order valence-corrected chi connectivity index (χ3v) is 2.18. The van der Waals surface area contributed by atoms with Crippen molar-refractivity contribution >= 4 is 0 Å². The average Bonchev–Trinajstić information content (AvgIpc) is 2.20. The zero-order valence-electron chi connectivity index (χ0n) is 7.87. The van der Waals surface area contributed by atoms with Crippen LogP contribution in [0.4, 0.5) is 4.39 Å². The standard InChI is InChI=1S/C12H10FN/c1-9-8-14-7-6-10(9)11-4-2-3-5-12(11)13/h2-8H,1H3. The zero-order chi connectivity index (χ0) is 9.97. The molecule has 0 saturated heterocycles. The molecule has 2 heteroatoms. The van der Waals surface area contributed by atoms with E-state index < -0.39 is 0 Å². The number of hydrogen-bond donors (Lipinski definition) is 0. The van der Waals surface area contributed by atoms with Crippen LogP contribution >= 0.6 is 0 Å². The molecule has 1 heterocycles. The highest BCUT2D eigenvalue weighted by molar-refractivity contribution is 5.66. The van der Waals surface area contributed by atoms with E-state index in [4.69, 9.17) is 0 Å². The van der Waals surface area contributed by atoms with Gasteiger partial charge in [0.05, 0.1) is 0 Å². The van der Waals surface area contributed by atoms with Crippen LogP contribution in [0, 0.1) is 12.7 Å². The summed E-state index contributed by atoms with van der Waals surface area (Å²) in [5, 5.41) is 0. The molecule has 0 saturated carbocycles. The Labute approximate surface area is 82.2 Å². The molecule has 0 fully saturated rings. The molecule has 1 aromatic heterocycles. The largest absolute Gasteiger partial charge is 0.264 e. The van der Waals surface area contributed by atoms with Crippen LogP contribution in [0.1, 0.15) is 5.56 Å². The number of halogens is 1. The summed E-state index contributed by atoms with van der Waals surface area (Å²) in [6, 6.07) is 8.59. The minimum Gasteiger partial charge on any atom is -0.264 e. The predicted molar refractivity (Wildman–Crippen MR) is 54.4 cm³/mol. The first-order valence-electron chi connectivity index (χ1n) is 4.44. The van der Waals surface area contributed by atoms with Crippen LogP contribution in [0.25, 0.3) is 11.1 Å². The van der Waals surface area contributed by atoms with Crippen LogP contribution in [0.3, 0.4) is 0 Å². The minimum atomic E-state index is -0.193. The van der Waals surface area contributed by atoms with Crippen LogP contribution in [0.2, 0.25) is 0 Å². The molecule has 0 aliphatic rings. The Balaban J connectivity index is 2.61. The van der Waals surface area contributed by atoms with Gasteiger partial charge in [-0.25, -0.2) is 4.39 Å². The van der Waals surface area contributed by atoms with Crippen molar-refractivity contribution in [2.75, 3.05) is 0 Å². The van der Waals surface area contributed by atoms with E-state index in [1.165, 1.54) is 6.07 Å². The fourth-order valence-electron chi connectivity index (χ4n) is 1.46. The van der Waals surface area contributed by atoms with Gasteiger partial charge in [0, 0.05) is 18.0 Å². The van der Waals surface area contributed by atoms with Crippen LogP contribution < -0.4 is 0 Å². The summed E-state index contributed by atoms with van der Waals surface area (Å²) in [5.74, 6) is -0.193. The number of pyridine rings is 1. The van der Waals surface area contributed by atoms with Gasteiger partial charge < -0.3 is 0 Å². The van der Waals surface area contributed by atoms with Crippen molar-refractivity contribution in [2.45, 2.75) is 6.92 Å².